The van der Waals surface area contributed by atoms with Gasteiger partial charge in [-0.1, -0.05) is 74.5 Å². The fourth-order valence-corrected chi connectivity index (χ4v) is 10.8. The molecule has 0 radical (unpaired) electrons. The number of carbonyl (C=O) groups is 2. The van der Waals surface area contributed by atoms with Crippen molar-refractivity contribution in [2.45, 2.75) is 78.1 Å². The first-order valence-electron chi connectivity index (χ1n) is 22.9. The van der Waals surface area contributed by atoms with Crippen LogP contribution < -0.4 is 0 Å². The van der Waals surface area contributed by atoms with Crippen LogP contribution in [0.2, 0.25) is 10.0 Å². The molecule has 2 fully saturated rings. The number of aromatic nitrogens is 6. The third kappa shape index (κ3) is 11.1. The Kier molecular flexibility index (Phi) is 16.3. The molecule has 2 aliphatic heterocycles. The van der Waals surface area contributed by atoms with Gasteiger partial charge in [-0.05, 0) is 172 Å². The number of nitrogens with zero attached hydrogens (tertiary/aromatic N) is 7. The van der Waals surface area contributed by atoms with Gasteiger partial charge in [-0.25, -0.2) is 9.97 Å². The van der Waals surface area contributed by atoms with Crippen LogP contribution >= 0.6 is 23.2 Å². The normalized spacial score (nSPS) is 18.4. The Morgan fingerprint density at radius 2 is 1.16 bits per heavy atom. The van der Waals surface area contributed by atoms with Crippen molar-refractivity contribution in [3.8, 4) is 0 Å². The SMILES string of the molecule is C.C.CN1CCC(C2c3ccc(Cl)cc3C=C(CCC(=O)c3cn(C)cn3)c3cccnc32)CC1.CN1CCC(C2c3ccc(Cl)cc3C=C(CCC(=O)c3cnc[nH]3)c3cccnc32)CC1. The second-order valence-electron chi connectivity index (χ2n) is 18.2. The van der Waals surface area contributed by atoms with Crippen molar-refractivity contribution < 1.29 is 9.59 Å². The number of H-pyrrole nitrogens is 1. The number of halogens is 2. The minimum atomic E-state index is 0. The maximum Gasteiger partial charge on any atom is 0.183 e. The summed E-state index contributed by atoms with van der Waals surface area (Å²) in [5.41, 5.74) is 12.8. The average molecular weight is 940 g/mol. The van der Waals surface area contributed by atoms with Crippen LogP contribution in [0.25, 0.3) is 23.3 Å². The lowest BCUT2D eigenvalue weighted by molar-refractivity contribution is 0.0972. The van der Waals surface area contributed by atoms with E-state index >= 15 is 0 Å². The quantitative estimate of drug-likeness (QED) is 0.135. The number of aromatic amines is 1. The predicted molar refractivity (Wildman–Crippen MR) is 274 cm³/mol. The van der Waals surface area contributed by atoms with Crippen LogP contribution in [0, 0.1) is 11.8 Å². The molecule has 0 amide bonds. The molecule has 0 saturated carbocycles. The summed E-state index contributed by atoms with van der Waals surface area (Å²) in [5.74, 6) is 1.63. The number of likely N-dealkylation sites (tertiary alicyclic amines) is 2. The van der Waals surface area contributed by atoms with Crippen molar-refractivity contribution in [2.24, 2.45) is 18.9 Å². The summed E-state index contributed by atoms with van der Waals surface area (Å²) in [6.45, 7) is 4.41. The van der Waals surface area contributed by atoms with Gasteiger partial charge in [-0.2, -0.15) is 0 Å². The number of benzene rings is 2. The first-order chi connectivity index (χ1) is 31.6. The molecule has 0 bridgehead atoms. The van der Waals surface area contributed by atoms with Gasteiger partial charge in [0.2, 0.25) is 0 Å². The van der Waals surface area contributed by atoms with Gasteiger partial charge in [-0.15, -0.1) is 0 Å². The first kappa shape index (κ1) is 49.4. The number of hydrogen-bond acceptors (Lipinski definition) is 8. The summed E-state index contributed by atoms with van der Waals surface area (Å²) < 4.78 is 1.81. The minimum absolute atomic E-state index is 0. The largest absolute Gasteiger partial charge is 0.342 e. The lowest BCUT2D eigenvalue weighted by atomic mass is 9.76. The van der Waals surface area contributed by atoms with Crippen LogP contribution in [-0.4, -0.2) is 91.1 Å². The fraction of sp³-hybridized carbons (Fsp3) is 0.382. The lowest BCUT2D eigenvalue weighted by Crippen LogP contribution is -2.33. The molecule has 2 unspecified atom stereocenters. The van der Waals surface area contributed by atoms with E-state index in [9.17, 15) is 9.59 Å². The highest BCUT2D eigenvalue weighted by Crippen LogP contribution is 2.47. The number of fused-ring (bicyclic) bond motifs is 4. The van der Waals surface area contributed by atoms with Crippen molar-refractivity contribution in [3.05, 3.63) is 164 Å². The zero-order valence-electron chi connectivity index (χ0n) is 37.4. The van der Waals surface area contributed by atoms with Crippen LogP contribution in [0.3, 0.4) is 0 Å². The van der Waals surface area contributed by atoms with E-state index in [-0.39, 0.29) is 38.3 Å². The molecule has 67 heavy (non-hydrogen) atoms. The molecule has 6 heterocycles. The number of nitrogens with one attached hydrogen (secondary N) is 1. The van der Waals surface area contributed by atoms with Crippen LogP contribution in [0.5, 0.6) is 0 Å². The zero-order chi connectivity index (χ0) is 45.0. The Bertz CT molecular complexity index is 2730. The monoisotopic (exact) mass is 938 g/mol. The van der Waals surface area contributed by atoms with Gasteiger partial charge in [0.25, 0.3) is 0 Å². The van der Waals surface area contributed by atoms with E-state index in [1.54, 1.807) is 25.0 Å². The van der Waals surface area contributed by atoms with E-state index in [0.29, 0.717) is 48.9 Å². The van der Waals surface area contributed by atoms with Crippen molar-refractivity contribution in [3.63, 3.8) is 0 Å². The van der Waals surface area contributed by atoms with Crippen LogP contribution in [0.4, 0.5) is 0 Å². The summed E-state index contributed by atoms with van der Waals surface area (Å²) in [4.78, 5) is 51.2. The number of ketones is 2. The van der Waals surface area contributed by atoms with Gasteiger partial charge in [0.15, 0.2) is 11.6 Å². The summed E-state index contributed by atoms with van der Waals surface area (Å²) in [6.07, 6.45) is 21.5. The molecule has 4 aliphatic rings. The molecule has 350 valence electrons. The first-order valence-corrected chi connectivity index (χ1v) is 23.7. The standard InChI is InChI=1S/C27H29ClN4O.C26H27ClN4O.2CH4/c1-31-12-9-18(10-13-31)26-22-7-6-21(28)15-20(22)14-19(23-4-3-11-29-27(23)26)5-8-25(33)24-16-32(2)17-30-24;1-31-11-8-17(9-12-31)25-21-6-5-20(27)14-19(21)13-18(22-3-2-10-29-26(22)25)4-7-24(32)23-15-28-16-30-23;;/h3-4,6-7,11,14-18,26H,5,8-10,12-13H2,1-2H3;2-3,5-6,10,13-17,25H,4,7-9,11-12H2,1H3,(H,28,30);2*1H4. The number of carbonyl (C=O) groups excluding carboxylic acids is 2. The maximum absolute atomic E-state index is 12.8. The van der Waals surface area contributed by atoms with Crippen molar-refractivity contribution >= 4 is 58.1 Å². The molecule has 6 aromatic rings. The van der Waals surface area contributed by atoms with Crippen LogP contribution in [0.15, 0.2) is 98.1 Å². The number of pyridine rings is 2. The van der Waals surface area contributed by atoms with E-state index in [4.69, 9.17) is 33.2 Å². The Morgan fingerprint density at radius 3 is 1.61 bits per heavy atom. The summed E-state index contributed by atoms with van der Waals surface area (Å²) in [7, 11) is 6.27. The van der Waals surface area contributed by atoms with E-state index < -0.39 is 0 Å². The molecule has 2 aromatic carbocycles. The molecular formula is C55H64Cl2N8O2. The van der Waals surface area contributed by atoms with Crippen molar-refractivity contribution in [1.29, 1.82) is 0 Å². The highest BCUT2D eigenvalue weighted by molar-refractivity contribution is 6.31. The maximum atomic E-state index is 12.8. The van der Waals surface area contributed by atoms with Gasteiger partial charge in [0.1, 0.15) is 11.4 Å². The third-order valence-corrected chi connectivity index (χ3v) is 14.4. The van der Waals surface area contributed by atoms with E-state index in [1.807, 2.05) is 48.3 Å². The van der Waals surface area contributed by atoms with Gasteiger partial charge in [0, 0.05) is 60.4 Å². The topological polar surface area (TPSA) is 113 Å². The van der Waals surface area contributed by atoms with Crippen LogP contribution in [-0.2, 0) is 7.05 Å². The molecule has 4 aromatic heterocycles. The molecule has 1 N–H and O–H groups in total. The van der Waals surface area contributed by atoms with Gasteiger partial charge in [-0.3, -0.25) is 19.6 Å². The second-order valence-corrected chi connectivity index (χ2v) is 19.1. The minimum Gasteiger partial charge on any atom is -0.342 e. The Labute approximate surface area is 406 Å². The molecule has 0 spiro atoms. The number of hydrogen-bond donors (Lipinski definition) is 1. The number of rotatable bonds is 10. The smallest absolute Gasteiger partial charge is 0.183 e. The third-order valence-electron chi connectivity index (χ3n) is 13.9. The molecule has 10 nitrogen and oxygen atoms in total. The molecule has 2 saturated heterocycles. The zero-order valence-corrected chi connectivity index (χ0v) is 38.9. The van der Waals surface area contributed by atoms with Crippen molar-refractivity contribution in [2.75, 3.05) is 40.3 Å². The van der Waals surface area contributed by atoms with Gasteiger partial charge in [0.05, 0.1) is 30.2 Å². The lowest BCUT2D eigenvalue weighted by Gasteiger charge is -2.35. The Hall–Kier alpha value is -5.52. The second kappa shape index (κ2) is 22.1. The molecule has 10 rings (SSSR count). The Balaban J connectivity index is 0.000000193. The summed E-state index contributed by atoms with van der Waals surface area (Å²) in [6, 6.07) is 20.8. The fourth-order valence-electron chi connectivity index (χ4n) is 10.4. The Morgan fingerprint density at radius 1 is 0.672 bits per heavy atom. The number of aryl methyl sites for hydroxylation is 1. The molecule has 12 heteroatoms. The molecule has 2 aliphatic carbocycles. The van der Waals surface area contributed by atoms with Crippen LogP contribution in [0.1, 0.15) is 144 Å². The van der Waals surface area contributed by atoms with Crippen molar-refractivity contribution in [1.82, 2.24) is 39.3 Å². The predicted octanol–water partition coefficient (Wildman–Crippen LogP) is 12.2. The highest BCUT2D eigenvalue weighted by Gasteiger charge is 2.36. The van der Waals surface area contributed by atoms with E-state index in [2.05, 4.69) is 87.4 Å². The van der Waals surface area contributed by atoms with E-state index in [0.717, 1.165) is 107 Å². The summed E-state index contributed by atoms with van der Waals surface area (Å²) >= 11 is 12.9. The molecular weight excluding hydrogens is 876 g/mol. The summed E-state index contributed by atoms with van der Waals surface area (Å²) in [5, 5.41) is 1.46. The number of allylic oxidation sites excluding steroid dienone is 2. The van der Waals surface area contributed by atoms with Gasteiger partial charge >= 0.3 is 0 Å². The number of piperidine rings is 2. The van der Waals surface area contributed by atoms with E-state index in [1.165, 1.54) is 11.1 Å². The number of imidazole rings is 2. The van der Waals surface area contributed by atoms with Gasteiger partial charge < -0.3 is 19.4 Å². The average Bonchev–Trinajstić information content (AvgIpc) is 3.97. The highest BCUT2D eigenvalue weighted by atomic mass is 35.5. The number of Topliss-reactive ketones (excluding diaryl/α,β-unsaturated/α-hetero) is 2. The molecule has 2 atom stereocenters.